The molecule has 1 rings (SSSR count). The summed E-state index contributed by atoms with van der Waals surface area (Å²) in [5.74, 6) is 0. The van der Waals surface area contributed by atoms with Crippen molar-refractivity contribution in [1.29, 1.82) is 0 Å². The van der Waals surface area contributed by atoms with Gasteiger partial charge in [0.1, 0.15) is 0 Å². The van der Waals surface area contributed by atoms with Gasteiger partial charge in [-0.1, -0.05) is 36.2 Å². The summed E-state index contributed by atoms with van der Waals surface area (Å²) >= 11 is 3.53. The van der Waals surface area contributed by atoms with Crippen molar-refractivity contribution in [3.8, 4) is 0 Å². The lowest BCUT2D eigenvalue weighted by molar-refractivity contribution is 0.271. The first kappa shape index (κ1) is 14.7. The average molecular weight is 302 g/mol. The molecule has 1 heterocycles. The van der Waals surface area contributed by atoms with E-state index in [0.717, 1.165) is 24.8 Å². The molecule has 0 bridgehead atoms. The van der Waals surface area contributed by atoms with Crippen LogP contribution in [-0.2, 0) is 20.0 Å². The lowest BCUT2D eigenvalue weighted by Crippen LogP contribution is -2.27. The topological polar surface area (TPSA) is 21.1 Å². The van der Waals surface area contributed by atoms with Crippen molar-refractivity contribution in [2.24, 2.45) is 7.05 Å². The second kappa shape index (κ2) is 7.88. The van der Waals surface area contributed by atoms with Crippen molar-refractivity contribution in [2.75, 3.05) is 18.4 Å². The summed E-state index contributed by atoms with van der Waals surface area (Å²) in [4.78, 5) is 2.49. The van der Waals surface area contributed by atoms with E-state index < -0.39 is 0 Å². The van der Waals surface area contributed by atoms with E-state index in [1.807, 2.05) is 11.7 Å². The van der Waals surface area contributed by atoms with Gasteiger partial charge in [0.05, 0.1) is 11.4 Å². The SMILES string of the molecule is CCCCN(CCBr)Cc1cc(CC)nn1C. The first-order valence-electron chi connectivity index (χ1n) is 6.51. The molecule has 0 unspecified atom stereocenters. The third-order valence-electron chi connectivity index (χ3n) is 3.00. The number of unbranched alkanes of at least 4 members (excludes halogenated alkanes) is 1. The second-order valence-electron chi connectivity index (χ2n) is 4.42. The summed E-state index contributed by atoms with van der Waals surface area (Å²) in [6.07, 6.45) is 3.54. The number of hydrogen-bond donors (Lipinski definition) is 0. The summed E-state index contributed by atoms with van der Waals surface area (Å²) < 4.78 is 2.02. The van der Waals surface area contributed by atoms with Gasteiger partial charge in [-0.05, 0) is 25.5 Å². The van der Waals surface area contributed by atoms with E-state index in [0.29, 0.717) is 0 Å². The molecule has 1 aromatic heterocycles. The minimum atomic E-state index is 1.01. The molecule has 0 atom stereocenters. The van der Waals surface area contributed by atoms with Gasteiger partial charge in [0, 0.05) is 25.5 Å². The van der Waals surface area contributed by atoms with Crippen LogP contribution in [0.25, 0.3) is 0 Å². The molecule has 0 saturated carbocycles. The highest BCUT2D eigenvalue weighted by atomic mass is 79.9. The molecule has 0 aliphatic heterocycles. The lowest BCUT2D eigenvalue weighted by atomic mass is 10.2. The van der Waals surface area contributed by atoms with Gasteiger partial charge < -0.3 is 0 Å². The molecule has 1 aromatic rings. The number of hydrogen-bond acceptors (Lipinski definition) is 2. The van der Waals surface area contributed by atoms with Gasteiger partial charge in [-0.25, -0.2) is 0 Å². The van der Waals surface area contributed by atoms with Gasteiger partial charge in [0.25, 0.3) is 0 Å². The van der Waals surface area contributed by atoms with E-state index in [4.69, 9.17) is 0 Å². The summed E-state index contributed by atoms with van der Waals surface area (Å²) in [5.41, 5.74) is 2.51. The Kier molecular flexibility index (Phi) is 6.82. The minimum Gasteiger partial charge on any atom is -0.297 e. The maximum Gasteiger partial charge on any atom is 0.0625 e. The molecule has 0 amide bonds. The number of aromatic nitrogens is 2. The Hall–Kier alpha value is -0.350. The molecule has 0 fully saturated rings. The Bertz CT molecular complexity index is 322. The van der Waals surface area contributed by atoms with Crippen LogP contribution >= 0.6 is 15.9 Å². The van der Waals surface area contributed by atoms with Gasteiger partial charge in [-0.15, -0.1) is 0 Å². The summed E-state index contributed by atoms with van der Waals surface area (Å²) in [6.45, 7) is 7.68. The highest BCUT2D eigenvalue weighted by molar-refractivity contribution is 9.09. The Balaban J connectivity index is 2.60. The molecule has 0 aliphatic rings. The number of aryl methyl sites for hydroxylation is 2. The third kappa shape index (κ3) is 4.80. The summed E-state index contributed by atoms with van der Waals surface area (Å²) in [7, 11) is 2.04. The van der Waals surface area contributed by atoms with Gasteiger partial charge in [-0.2, -0.15) is 5.10 Å². The number of halogens is 1. The first-order valence-corrected chi connectivity index (χ1v) is 7.63. The van der Waals surface area contributed by atoms with Crippen LogP contribution in [0.1, 0.15) is 38.1 Å². The van der Waals surface area contributed by atoms with E-state index >= 15 is 0 Å². The van der Waals surface area contributed by atoms with E-state index in [1.54, 1.807) is 0 Å². The predicted molar refractivity (Wildman–Crippen MR) is 76.6 cm³/mol. The van der Waals surface area contributed by atoms with E-state index in [1.165, 1.54) is 30.8 Å². The third-order valence-corrected chi connectivity index (χ3v) is 3.36. The summed E-state index contributed by atoms with van der Waals surface area (Å²) in [5, 5.41) is 5.54. The monoisotopic (exact) mass is 301 g/mol. The van der Waals surface area contributed by atoms with Crippen LogP contribution in [0.2, 0.25) is 0 Å². The molecule has 0 spiro atoms. The largest absolute Gasteiger partial charge is 0.297 e. The Morgan fingerprint density at radius 3 is 2.65 bits per heavy atom. The maximum absolute atomic E-state index is 4.50. The minimum absolute atomic E-state index is 1.01. The normalized spacial score (nSPS) is 11.4. The van der Waals surface area contributed by atoms with Crippen LogP contribution in [0.5, 0.6) is 0 Å². The zero-order valence-corrected chi connectivity index (χ0v) is 12.8. The highest BCUT2D eigenvalue weighted by Gasteiger charge is 2.09. The van der Waals surface area contributed by atoms with E-state index in [2.05, 4.69) is 45.8 Å². The molecule has 0 aromatic carbocycles. The molecule has 4 heteroatoms. The molecule has 0 saturated heterocycles. The molecule has 0 aliphatic carbocycles. The van der Waals surface area contributed by atoms with Crippen molar-refractivity contribution in [3.63, 3.8) is 0 Å². The van der Waals surface area contributed by atoms with Gasteiger partial charge in [0.2, 0.25) is 0 Å². The van der Waals surface area contributed by atoms with Crippen molar-refractivity contribution in [1.82, 2.24) is 14.7 Å². The number of nitrogens with zero attached hydrogens (tertiary/aromatic N) is 3. The fourth-order valence-corrected chi connectivity index (χ4v) is 2.39. The number of alkyl halides is 1. The van der Waals surface area contributed by atoms with Crippen molar-refractivity contribution in [2.45, 2.75) is 39.7 Å². The van der Waals surface area contributed by atoms with Crippen LogP contribution in [0.3, 0.4) is 0 Å². The lowest BCUT2D eigenvalue weighted by Gasteiger charge is -2.20. The fourth-order valence-electron chi connectivity index (χ4n) is 1.89. The molecule has 98 valence electrons. The molecule has 0 N–H and O–H groups in total. The van der Waals surface area contributed by atoms with E-state index in [-0.39, 0.29) is 0 Å². The van der Waals surface area contributed by atoms with Gasteiger partial charge >= 0.3 is 0 Å². The quantitative estimate of drug-likeness (QED) is 0.688. The molecular formula is C13H24BrN3. The molecule has 17 heavy (non-hydrogen) atoms. The van der Waals surface area contributed by atoms with E-state index in [9.17, 15) is 0 Å². The van der Waals surface area contributed by atoms with Crippen LogP contribution in [0, 0.1) is 0 Å². The molecule has 3 nitrogen and oxygen atoms in total. The van der Waals surface area contributed by atoms with Crippen LogP contribution in [0.4, 0.5) is 0 Å². The van der Waals surface area contributed by atoms with Crippen molar-refractivity contribution < 1.29 is 0 Å². The Morgan fingerprint density at radius 1 is 1.35 bits per heavy atom. The summed E-state index contributed by atoms with van der Waals surface area (Å²) in [6, 6.07) is 2.23. The average Bonchev–Trinajstić information content (AvgIpc) is 2.67. The van der Waals surface area contributed by atoms with Crippen molar-refractivity contribution in [3.05, 3.63) is 17.5 Å². The first-order chi connectivity index (χ1) is 8.21. The predicted octanol–water partition coefficient (Wildman–Crippen LogP) is 2.98. The Morgan fingerprint density at radius 2 is 2.12 bits per heavy atom. The van der Waals surface area contributed by atoms with Crippen LogP contribution in [-0.4, -0.2) is 33.1 Å². The Labute approximate surface area is 113 Å². The molecule has 0 radical (unpaired) electrons. The van der Waals surface area contributed by atoms with Crippen LogP contribution in [0.15, 0.2) is 6.07 Å². The zero-order valence-electron chi connectivity index (χ0n) is 11.2. The second-order valence-corrected chi connectivity index (χ2v) is 5.22. The molecular weight excluding hydrogens is 278 g/mol. The standard InChI is InChI=1S/C13H24BrN3/c1-4-6-8-17(9-7-14)11-13-10-12(5-2)15-16(13)3/h10H,4-9,11H2,1-3H3. The maximum atomic E-state index is 4.50. The number of rotatable bonds is 8. The fraction of sp³-hybridized carbons (Fsp3) is 0.769. The van der Waals surface area contributed by atoms with Crippen LogP contribution < -0.4 is 0 Å². The smallest absolute Gasteiger partial charge is 0.0625 e. The van der Waals surface area contributed by atoms with Gasteiger partial charge in [-0.3, -0.25) is 9.58 Å². The zero-order chi connectivity index (χ0) is 12.7. The van der Waals surface area contributed by atoms with Crippen molar-refractivity contribution >= 4 is 15.9 Å². The highest BCUT2D eigenvalue weighted by Crippen LogP contribution is 2.09. The van der Waals surface area contributed by atoms with Gasteiger partial charge in [0.15, 0.2) is 0 Å².